The van der Waals surface area contributed by atoms with E-state index in [1.165, 1.54) is 0 Å². The Morgan fingerprint density at radius 1 is 1.08 bits per heavy atom. The van der Waals surface area contributed by atoms with Gasteiger partial charge in [-0.1, -0.05) is 24.3 Å². The van der Waals surface area contributed by atoms with E-state index in [4.69, 9.17) is 5.73 Å². The summed E-state index contributed by atoms with van der Waals surface area (Å²) in [4.78, 5) is 12.6. The van der Waals surface area contributed by atoms with Crippen molar-refractivity contribution >= 4 is 21.6 Å². The van der Waals surface area contributed by atoms with Crippen LogP contribution in [-0.2, 0) is 10.0 Å². The predicted octanol–water partition coefficient (Wildman–Crippen LogP) is 2.57. The van der Waals surface area contributed by atoms with Gasteiger partial charge in [0.05, 0.1) is 16.1 Å². The number of para-hydroxylation sites is 1. The van der Waals surface area contributed by atoms with E-state index in [9.17, 15) is 13.2 Å². The van der Waals surface area contributed by atoms with Crippen LogP contribution in [0.1, 0.15) is 34.3 Å². The zero-order valence-corrected chi connectivity index (χ0v) is 15.9. The van der Waals surface area contributed by atoms with E-state index < -0.39 is 10.0 Å². The van der Waals surface area contributed by atoms with Crippen molar-refractivity contribution in [3.8, 4) is 0 Å². The summed E-state index contributed by atoms with van der Waals surface area (Å²) in [6.07, 6.45) is 1.60. The third-order valence-electron chi connectivity index (χ3n) is 3.97. The number of nitrogens with one attached hydrogen (secondary N) is 2. The molecule has 0 aliphatic rings. The van der Waals surface area contributed by atoms with Gasteiger partial charge in [-0.25, -0.2) is 8.42 Å². The first-order valence-corrected chi connectivity index (χ1v) is 10.0. The summed E-state index contributed by atoms with van der Waals surface area (Å²) >= 11 is 0. The van der Waals surface area contributed by atoms with Crippen LogP contribution in [0.3, 0.4) is 0 Å². The molecule has 0 atom stereocenters. The number of nitrogens with two attached hydrogens (primary N) is 1. The van der Waals surface area contributed by atoms with Gasteiger partial charge in [-0.15, -0.1) is 0 Å². The minimum Gasteiger partial charge on any atom is -0.352 e. The van der Waals surface area contributed by atoms with Gasteiger partial charge in [0.2, 0.25) is 0 Å². The molecule has 0 saturated heterocycles. The molecule has 2 aromatic carbocycles. The number of hydrogen-bond acceptors (Lipinski definition) is 4. The van der Waals surface area contributed by atoms with Gasteiger partial charge in [0, 0.05) is 6.54 Å². The number of amides is 1. The molecule has 0 radical (unpaired) electrons. The van der Waals surface area contributed by atoms with Gasteiger partial charge < -0.3 is 11.1 Å². The molecule has 2 aromatic rings. The van der Waals surface area contributed by atoms with Gasteiger partial charge in [0.25, 0.3) is 15.9 Å². The third kappa shape index (κ3) is 5.06. The Labute approximate surface area is 154 Å². The Morgan fingerprint density at radius 3 is 2.54 bits per heavy atom. The molecule has 0 heterocycles. The van der Waals surface area contributed by atoms with Gasteiger partial charge in [-0.3, -0.25) is 9.52 Å². The van der Waals surface area contributed by atoms with Crippen LogP contribution in [0.5, 0.6) is 0 Å². The fraction of sp³-hybridized carbons (Fsp3) is 0.316. The lowest BCUT2D eigenvalue weighted by molar-refractivity contribution is 0.0954. The number of carbonyl (C=O) groups is 1. The lowest BCUT2D eigenvalue weighted by atomic mass is 10.1. The SMILES string of the molecule is Cc1ccc(C)c(S(=O)(=O)Nc2ccccc2C(=O)NCCCCN)c1. The first-order valence-electron chi connectivity index (χ1n) is 8.52. The maximum Gasteiger partial charge on any atom is 0.262 e. The molecule has 0 unspecified atom stereocenters. The van der Waals surface area contributed by atoms with E-state index in [1.54, 1.807) is 43.3 Å². The highest BCUT2D eigenvalue weighted by atomic mass is 32.2. The van der Waals surface area contributed by atoms with Crippen molar-refractivity contribution in [2.45, 2.75) is 31.6 Å². The highest BCUT2D eigenvalue weighted by molar-refractivity contribution is 7.92. The minimum absolute atomic E-state index is 0.204. The van der Waals surface area contributed by atoms with Crippen molar-refractivity contribution in [3.05, 3.63) is 59.2 Å². The number of hydrogen-bond donors (Lipinski definition) is 3. The molecule has 0 aliphatic heterocycles. The van der Waals surface area contributed by atoms with E-state index in [2.05, 4.69) is 10.0 Å². The van der Waals surface area contributed by atoms with E-state index >= 15 is 0 Å². The largest absolute Gasteiger partial charge is 0.352 e. The van der Waals surface area contributed by atoms with E-state index in [1.807, 2.05) is 13.0 Å². The van der Waals surface area contributed by atoms with Crippen LogP contribution in [-0.4, -0.2) is 27.4 Å². The first-order chi connectivity index (χ1) is 12.3. The Kier molecular flexibility index (Phi) is 6.76. The quantitative estimate of drug-likeness (QED) is 0.617. The first kappa shape index (κ1) is 19.9. The minimum atomic E-state index is -3.80. The number of benzene rings is 2. The number of rotatable bonds is 8. The summed E-state index contributed by atoms with van der Waals surface area (Å²) in [7, 11) is -3.80. The molecule has 2 rings (SSSR count). The predicted molar refractivity (Wildman–Crippen MR) is 104 cm³/mol. The van der Waals surface area contributed by atoms with Crippen molar-refractivity contribution < 1.29 is 13.2 Å². The average Bonchev–Trinajstić information content (AvgIpc) is 2.60. The molecule has 7 heteroatoms. The summed E-state index contributed by atoms with van der Waals surface area (Å²) in [5, 5.41) is 2.79. The van der Waals surface area contributed by atoms with Crippen molar-refractivity contribution in [3.63, 3.8) is 0 Å². The average molecular weight is 375 g/mol. The van der Waals surface area contributed by atoms with Gasteiger partial charge in [0.1, 0.15) is 0 Å². The van der Waals surface area contributed by atoms with Crippen LogP contribution in [0.25, 0.3) is 0 Å². The molecule has 26 heavy (non-hydrogen) atoms. The Morgan fingerprint density at radius 2 is 1.81 bits per heavy atom. The zero-order valence-electron chi connectivity index (χ0n) is 15.1. The molecular weight excluding hydrogens is 350 g/mol. The molecule has 0 aliphatic carbocycles. The summed E-state index contributed by atoms with van der Waals surface area (Å²) in [6, 6.07) is 11.8. The second-order valence-corrected chi connectivity index (χ2v) is 7.82. The summed E-state index contributed by atoms with van der Waals surface area (Å²) in [6.45, 7) is 4.64. The second kappa shape index (κ2) is 8.82. The number of unbranched alkanes of at least 4 members (excludes halogenated alkanes) is 1. The van der Waals surface area contributed by atoms with Gasteiger partial charge >= 0.3 is 0 Å². The van der Waals surface area contributed by atoms with Crippen LogP contribution in [0.15, 0.2) is 47.4 Å². The lowest BCUT2D eigenvalue weighted by Gasteiger charge is -2.14. The number of carbonyl (C=O) groups excluding carboxylic acids is 1. The molecule has 6 nitrogen and oxygen atoms in total. The van der Waals surface area contributed by atoms with Crippen molar-refractivity contribution in [1.29, 1.82) is 0 Å². The monoisotopic (exact) mass is 375 g/mol. The maximum absolute atomic E-state index is 12.8. The standard InChI is InChI=1S/C19H25N3O3S/c1-14-9-10-15(2)18(13-14)26(24,25)22-17-8-4-3-7-16(17)19(23)21-12-6-5-11-20/h3-4,7-10,13,22H,5-6,11-12,20H2,1-2H3,(H,21,23). The number of aryl methyl sites for hydroxylation is 2. The molecule has 0 spiro atoms. The molecule has 0 fully saturated rings. The smallest absolute Gasteiger partial charge is 0.262 e. The van der Waals surface area contributed by atoms with Gasteiger partial charge in [0.15, 0.2) is 0 Å². The normalized spacial score (nSPS) is 11.2. The van der Waals surface area contributed by atoms with Crippen LogP contribution in [0.4, 0.5) is 5.69 Å². The second-order valence-electron chi connectivity index (χ2n) is 6.17. The van der Waals surface area contributed by atoms with Crippen LogP contribution in [0.2, 0.25) is 0 Å². The fourth-order valence-electron chi connectivity index (χ4n) is 2.53. The van der Waals surface area contributed by atoms with Crippen LogP contribution >= 0.6 is 0 Å². The highest BCUT2D eigenvalue weighted by Crippen LogP contribution is 2.23. The van der Waals surface area contributed by atoms with Gasteiger partial charge in [-0.05, 0) is 62.6 Å². The Balaban J connectivity index is 2.24. The molecule has 1 amide bonds. The van der Waals surface area contributed by atoms with Crippen LogP contribution in [0, 0.1) is 13.8 Å². The molecule has 0 saturated carbocycles. The van der Waals surface area contributed by atoms with Gasteiger partial charge in [-0.2, -0.15) is 0 Å². The summed E-state index contributed by atoms with van der Waals surface area (Å²) in [5.74, 6) is -0.318. The van der Waals surface area contributed by atoms with Crippen molar-refractivity contribution in [2.24, 2.45) is 5.73 Å². The zero-order chi connectivity index (χ0) is 19.2. The maximum atomic E-state index is 12.8. The fourth-order valence-corrected chi connectivity index (χ4v) is 3.94. The highest BCUT2D eigenvalue weighted by Gasteiger charge is 2.20. The summed E-state index contributed by atoms with van der Waals surface area (Å²) in [5.41, 5.74) is 7.47. The number of anilines is 1. The van der Waals surface area contributed by atoms with E-state index in [-0.39, 0.29) is 22.1 Å². The van der Waals surface area contributed by atoms with Crippen molar-refractivity contribution in [2.75, 3.05) is 17.8 Å². The molecule has 0 bridgehead atoms. The topological polar surface area (TPSA) is 101 Å². The van der Waals surface area contributed by atoms with E-state index in [0.29, 0.717) is 18.7 Å². The Hall–Kier alpha value is -2.38. The summed E-state index contributed by atoms with van der Waals surface area (Å²) < 4.78 is 28.1. The van der Waals surface area contributed by atoms with Crippen LogP contribution < -0.4 is 15.8 Å². The Bertz CT molecular complexity index is 879. The molecule has 0 aromatic heterocycles. The molecule has 4 N–H and O–H groups in total. The third-order valence-corrected chi connectivity index (χ3v) is 5.47. The van der Waals surface area contributed by atoms with Crippen molar-refractivity contribution in [1.82, 2.24) is 5.32 Å². The number of sulfonamides is 1. The lowest BCUT2D eigenvalue weighted by Crippen LogP contribution is -2.26. The molecular formula is C19H25N3O3S. The van der Waals surface area contributed by atoms with E-state index in [0.717, 1.165) is 18.4 Å². The molecule has 140 valence electrons.